The van der Waals surface area contributed by atoms with E-state index >= 15 is 0 Å². The first-order valence-corrected chi connectivity index (χ1v) is 5.85. The first-order valence-electron chi connectivity index (χ1n) is 5.85. The standard InChI is InChI=1S/C12H19N3O2/c1-3-5-10(13)12(17)14-9-6-7-11(16)15(4-2)8-9/h6-8,10H,3-5,13H2,1-2H3,(H,14,17)/t10-/m1/s1. The van der Waals surface area contributed by atoms with Crippen LogP contribution in [0, 0.1) is 0 Å². The third-order valence-corrected chi connectivity index (χ3v) is 2.53. The fourth-order valence-corrected chi connectivity index (χ4v) is 1.53. The van der Waals surface area contributed by atoms with E-state index in [4.69, 9.17) is 5.73 Å². The van der Waals surface area contributed by atoms with Gasteiger partial charge in [0.05, 0.1) is 11.7 Å². The van der Waals surface area contributed by atoms with Crippen molar-refractivity contribution in [1.29, 1.82) is 0 Å². The molecule has 3 N–H and O–H groups in total. The Morgan fingerprint density at radius 2 is 2.18 bits per heavy atom. The van der Waals surface area contributed by atoms with Crippen LogP contribution in [0.25, 0.3) is 0 Å². The van der Waals surface area contributed by atoms with Crippen molar-refractivity contribution < 1.29 is 4.79 Å². The normalized spacial score (nSPS) is 12.2. The quantitative estimate of drug-likeness (QED) is 0.800. The lowest BCUT2D eigenvalue weighted by Crippen LogP contribution is -2.35. The molecule has 0 aliphatic heterocycles. The molecule has 0 saturated heterocycles. The molecule has 0 aliphatic rings. The molecule has 1 heterocycles. The van der Waals surface area contributed by atoms with E-state index < -0.39 is 6.04 Å². The maximum Gasteiger partial charge on any atom is 0.250 e. The molecule has 1 rings (SSSR count). The minimum atomic E-state index is -0.498. The number of carbonyl (C=O) groups excluding carboxylic acids is 1. The lowest BCUT2D eigenvalue weighted by molar-refractivity contribution is -0.117. The summed E-state index contributed by atoms with van der Waals surface area (Å²) in [6.07, 6.45) is 3.14. The van der Waals surface area contributed by atoms with Gasteiger partial charge in [0.15, 0.2) is 0 Å². The van der Waals surface area contributed by atoms with Crippen molar-refractivity contribution in [3.63, 3.8) is 0 Å². The molecule has 0 unspecified atom stereocenters. The van der Waals surface area contributed by atoms with Gasteiger partial charge >= 0.3 is 0 Å². The van der Waals surface area contributed by atoms with Crippen LogP contribution in [0.2, 0.25) is 0 Å². The van der Waals surface area contributed by atoms with Gasteiger partial charge in [0.1, 0.15) is 0 Å². The molecule has 1 amide bonds. The zero-order chi connectivity index (χ0) is 12.8. The summed E-state index contributed by atoms with van der Waals surface area (Å²) in [6.45, 7) is 4.42. The van der Waals surface area contributed by atoms with Gasteiger partial charge in [0.25, 0.3) is 5.56 Å². The number of nitrogens with one attached hydrogen (secondary N) is 1. The highest BCUT2D eigenvalue weighted by Gasteiger charge is 2.12. The molecule has 17 heavy (non-hydrogen) atoms. The summed E-state index contributed by atoms with van der Waals surface area (Å²) < 4.78 is 1.53. The SMILES string of the molecule is CCC[C@@H](N)C(=O)Nc1ccc(=O)n(CC)c1. The summed E-state index contributed by atoms with van der Waals surface area (Å²) in [5, 5.41) is 2.70. The lowest BCUT2D eigenvalue weighted by atomic mass is 10.1. The lowest BCUT2D eigenvalue weighted by Gasteiger charge is -2.12. The van der Waals surface area contributed by atoms with Gasteiger partial charge in [-0.25, -0.2) is 0 Å². The maximum atomic E-state index is 11.7. The monoisotopic (exact) mass is 237 g/mol. The van der Waals surface area contributed by atoms with Crippen LogP contribution in [-0.2, 0) is 11.3 Å². The summed E-state index contributed by atoms with van der Waals surface area (Å²) in [4.78, 5) is 23.0. The minimum Gasteiger partial charge on any atom is -0.323 e. The van der Waals surface area contributed by atoms with Crippen molar-refractivity contribution >= 4 is 11.6 Å². The van der Waals surface area contributed by atoms with Crippen molar-refractivity contribution in [2.45, 2.75) is 39.3 Å². The highest BCUT2D eigenvalue weighted by Crippen LogP contribution is 2.05. The van der Waals surface area contributed by atoms with Crippen molar-refractivity contribution in [2.24, 2.45) is 5.73 Å². The smallest absolute Gasteiger partial charge is 0.250 e. The highest BCUT2D eigenvalue weighted by atomic mass is 16.2. The number of nitrogens with zero attached hydrogens (tertiary/aromatic N) is 1. The maximum absolute atomic E-state index is 11.7. The average Bonchev–Trinajstić information content (AvgIpc) is 2.31. The van der Waals surface area contributed by atoms with E-state index in [1.807, 2.05) is 13.8 Å². The Labute approximate surface area is 101 Å². The van der Waals surface area contributed by atoms with Gasteiger partial charge in [-0.2, -0.15) is 0 Å². The number of aromatic nitrogens is 1. The number of hydrogen-bond donors (Lipinski definition) is 2. The van der Waals surface area contributed by atoms with Gasteiger partial charge in [-0.05, 0) is 19.4 Å². The van der Waals surface area contributed by atoms with Crippen LogP contribution in [0.4, 0.5) is 5.69 Å². The number of anilines is 1. The highest BCUT2D eigenvalue weighted by molar-refractivity contribution is 5.94. The molecular weight excluding hydrogens is 218 g/mol. The van der Waals surface area contributed by atoms with E-state index in [-0.39, 0.29) is 11.5 Å². The molecule has 0 saturated carbocycles. The molecule has 0 fully saturated rings. The minimum absolute atomic E-state index is 0.0802. The summed E-state index contributed by atoms with van der Waals surface area (Å²) in [5.41, 5.74) is 6.22. The van der Waals surface area contributed by atoms with Gasteiger partial charge < -0.3 is 15.6 Å². The van der Waals surface area contributed by atoms with E-state index in [1.165, 1.54) is 10.6 Å². The van der Waals surface area contributed by atoms with Gasteiger partial charge in [0.2, 0.25) is 5.91 Å². The van der Waals surface area contributed by atoms with Crippen LogP contribution in [0.15, 0.2) is 23.1 Å². The molecule has 1 aromatic rings. The first-order chi connectivity index (χ1) is 8.08. The number of rotatable bonds is 5. The van der Waals surface area contributed by atoms with Crippen LogP contribution >= 0.6 is 0 Å². The third kappa shape index (κ3) is 3.71. The summed E-state index contributed by atoms with van der Waals surface area (Å²) in [5.74, 6) is -0.215. The third-order valence-electron chi connectivity index (χ3n) is 2.53. The number of hydrogen-bond acceptors (Lipinski definition) is 3. The Morgan fingerprint density at radius 3 is 2.76 bits per heavy atom. The van der Waals surface area contributed by atoms with E-state index in [1.54, 1.807) is 12.3 Å². The number of amides is 1. The predicted octanol–water partition coefficient (Wildman–Crippen LogP) is 0.934. The van der Waals surface area contributed by atoms with E-state index in [9.17, 15) is 9.59 Å². The van der Waals surface area contributed by atoms with Crippen LogP contribution < -0.4 is 16.6 Å². The van der Waals surface area contributed by atoms with E-state index in [2.05, 4.69) is 5.32 Å². The molecule has 1 atom stereocenters. The fraction of sp³-hybridized carbons (Fsp3) is 0.500. The summed E-state index contributed by atoms with van der Waals surface area (Å²) in [6, 6.07) is 2.53. The van der Waals surface area contributed by atoms with Crippen molar-refractivity contribution in [3.05, 3.63) is 28.7 Å². The first kappa shape index (κ1) is 13.4. The summed E-state index contributed by atoms with van der Waals surface area (Å²) in [7, 11) is 0. The second kappa shape index (κ2) is 6.20. The van der Waals surface area contributed by atoms with Gasteiger partial charge in [-0.15, -0.1) is 0 Å². The van der Waals surface area contributed by atoms with Crippen LogP contribution in [-0.4, -0.2) is 16.5 Å². The van der Waals surface area contributed by atoms with Gasteiger partial charge in [-0.3, -0.25) is 9.59 Å². The van der Waals surface area contributed by atoms with E-state index in [0.717, 1.165) is 6.42 Å². The predicted molar refractivity (Wildman–Crippen MR) is 67.9 cm³/mol. The Kier molecular flexibility index (Phi) is 4.90. The molecule has 0 aliphatic carbocycles. The van der Waals surface area contributed by atoms with Crippen molar-refractivity contribution in [3.8, 4) is 0 Å². The molecule has 1 aromatic heterocycles. The van der Waals surface area contributed by atoms with E-state index in [0.29, 0.717) is 18.7 Å². The Hall–Kier alpha value is -1.62. The molecule has 5 heteroatoms. The molecular formula is C12H19N3O2. The second-order valence-corrected chi connectivity index (χ2v) is 3.93. The number of carbonyl (C=O) groups is 1. The number of pyridine rings is 1. The number of aryl methyl sites for hydroxylation is 1. The second-order valence-electron chi connectivity index (χ2n) is 3.93. The summed E-state index contributed by atoms with van der Waals surface area (Å²) >= 11 is 0. The van der Waals surface area contributed by atoms with Gasteiger partial charge in [0, 0.05) is 18.8 Å². The molecule has 0 spiro atoms. The van der Waals surface area contributed by atoms with Crippen molar-refractivity contribution in [1.82, 2.24) is 4.57 Å². The topological polar surface area (TPSA) is 77.1 Å². The Bertz CT molecular complexity index is 440. The van der Waals surface area contributed by atoms with Crippen LogP contribution in [0.1, 0.15) is 26.7 Å². The molecule has 94 valence electrons. The van der Waals surface area contributed by atoms with Crippen LogP contribution in [0.3, 0.4) is 0 Å². The van der Waals surface area contributed by atoms with Gasteiger partial charge in [-0.1, -0.05) is 13.3 Å². The fourth-order valence-electron chi connectivity index (χ4n) is 1.53. The zero-order valence-electron chi connectivity index (χ0n) is 10.3. The molecule has 0 radical (unpaired) electrons. The molecule has 5 nitrogen and oxygen atoms in total. The molecule has 0 aromatic carbocycles. The molecule has 0 bridgehead atoms. The van der Waals surface area contributed by atoms with Crippen LogP contribution in [0.5, 0.6) is 0 Å². The largest absolute Gasteiger partial charge is 0.323 e. The average molecular weight is 237 g/mol. The Balaban J connectivity index is 2.75. The Morgan fingerprint density at radius 1 is 1.47 bits per heavy atom. The van der Waals surface area contributed by atoms with Crippen molar-refractivity contribution in [2.75, 3.05) is 5.32 Å². The number of nitrogens with two attached hydrogens (primary N) is 1. The zero-order valence-corrected chi connectivity index (χ0v) is 10.3.